The molecule has 0 spiro atoms. The molecule has 4 aliphatic heterocycles. The van der Waals surface area contributed by atoms with Crippen molar-refractivity contribution in [3.05, 3.63) is 71.9 Å². The lowest BCUT2D eigenvalue weighted by molar-refractivity contribution is -0.157. The molecule has 3 N–H and O–H groups in total. The molecule has 0 aliphatic carbocycles. The molecule has 4 rings (SSSR count). The summed E-state index contributed by atoms with van der Waals surface area (Å²) in [6.07, 6.45) is 22.6. The van der Waals surface area contributed by atoms with Gasteiger partial charge in [0.1, 0.15) is 30.0 Å². The van der Waals surface area contributed by atoms with Gasteiger partial charge in [0, 0.05) is 42.8 Å². The van der Waals surface area contributed by atoms with Crippen LogP contribution >= 0.6 is 0 Å². The first-order valence-corrected chi connectivity index (χ1v) is 50.2. The quantitative estimate of drug-likeness (QED) is 0.0194. The predicted molar refractivity (Wildman–Crippen MR) is 425 cm³/mol. The smallest absolute Gasteiger partial charge is 0.308 e. The summed E-state index contributed by atoms with van der Waals surface area (Å²) in [4.78, 5) is 39.1. The van der Waals surface area contributed by atoms with Crippen molar-refractivity contribution in [3.63, 3.8) is 0 Å². The molecule has 20 atom stereocenters. The van der Waals surface area contributed by atoms with Gasteiger partial charge < -0.3 is 56.7 Å². The number of hydrogen-bond donors (Lipinski definition) is 3. The highest BCUT2D eigenvalue weighted by atomic mass is 28.4. The van der Waals surface area contributed by atoms with E-state index in [0.717, 1.165) is 36.8 Å². The Morgan fingerprint density at radius 3 is 1.23 bits per heavy atom. The molecule has 0 bridgehead atoms. The Morgan fingerprint density at radius 1 is 0.564 bits per heavy atom. The van der Waals surface area contributed by atoms with E-state index in [-0.39, 0.29) is 99.8 Å². The van der Waals surface area contributed by atoms with Crippen LogP contribution in [-0.2, 0) is 55.8 Å². The average Bonchev–Trinajstić information content (AvgIpc) is 1.71. The Balaban J connectivity index is 0.000000526. The third-order valence-electron chi connectivity index (χ3n) is 23.9. The molecule has 0 aromatic carbocycles. The predicted octanol–water partition coefficient (Wildman–Crippen LogP) is 19.6. The van der Waals surface area contributed by atoms with Gasteiger partial charge in [-0.15, -0.1) is 0 Å². The topological polar surface area (TPSA) is 202 Å². The van der Waals surface area contributed by atoms with Crippen molar-refractivity contribution in [2.75, 3.05) is 0 Å². The van der Waals surface area contributed by atoms with Crippen LogP contribution in [0.2, 0.25) is 72.5 Å². The van der Waals surface area contributed by atoms with E-state index in [9.17, 15) is 29.7 Å². The first kappa shape index (κ1) is 92.6. The number of ether oxygens (including phenoxy) is 5. The van der Waals surface area contributed by atoms with Crippen LogP contribution in [0.4, 0.5) is 0 Å². The van der Waals surface area contributed by atoms with Gasteiger partial charge in [0.05, 0.1) is 55.1 Å². The van der Waals surface area contributed by atoms with Gasteiger partial charge in [-0.3, -0.25) is 14.4 Å². The maximum absolute atomic E-state index is 13.6. The van der Waals surface area contributed by atoms with Gasteiger partial charge in [-0.05, 0) is 181 Å². The first-order chi connectivity index (χ1) is 45.8. The molecule has 101 heavy (non-hydrogen) atoms. The van der Waals surface area contributed by atoms with Gasteiger partial charge >= 0.3 is 17.9 Å². The summed E-state index contributed by atoms with van der Waals surface area (Å²) in [5.41, 5.74) is -0.884. The molecule has 0 saturated carbocycles. The number of epoxide rings is 2. The Morgan fingerprint density at radius 2 is 0.901 bits per heavy atom. The Kier molecular flexibility index (Phi) is 34.3. The fourth-order valence-electron chi connectivity index (χ4n) is 12.4. The molecular formula is C82H150O15Si4. The molecule has 15 nitrogen and oxygen atoms in total. The van der Waals surface area contributed by atoms with E-state index in [1.165, 1.54) is 6.92 Å². The molecule has 4 aliphatic rings. The molecule has 0 radical (unpaired) electrons. The molecule has 19 heteroatoms. The third-order valence-corrected chi connectivity index (χ3v) is 42.0. The van der Waals surface area contributed by atoms with Gasteiger partial charge in [-0.2, -0.15) is 0 Å². The van der Waals surface area contributed by atoms with Crippen molar-refractivity contribution >= 4 is 51.2 Å². The van der Waals surface area contributed by atoms with E-state index in [2.05, 4.69) is 195 Å². The van der Waals surface area contributed by atoms with Gasteiger partial charge in [0.2, 0.25) is 0 Å². The van der Waals surface area contributed by atoms with E-state index < -0.39 is 87.1 Å². The number of esters is 3. The summed E-state index contributed by atoms with van der Waals surface area (Å²) in [7, 11) is -8.18. The number of carbonyl (C=O) groups is 3. The second kappa shape index (κ2) is 37.5. The minimum atomic E-state index is -2.25. The molecular weight excluding hydrogens is 1340 g/mol. The standard InChI is InChI=1S/C42H76O8Si2.C40H74O7Si2/c1-18-34(50-52(16,17)41(10,11)12)31(5)39-35(47-39)26-28(2)20-19-21-29(3)38-30(4)22-23-36(46-32(6)43)42(13,45)25-24-33(27-37(44)48-38)49-51(14,15)40(7,8)9;1-17-32(47-49(15,16)39(9,10)11)30(5)37-33(44-37)25-27(2)19-18-20-28(3)36-29(4)21-22-34(41)40(12,43)24-23-31(26-35(42)45-36)46-48(13,14)38(6,7)8/h19-23,28,30-31,33-36,38-39,45H,18,24-27H2,1-17H3;18-22,27,29-34,36-37,41,43H,17,23-26H2,1-16H3/b20-19+,23-22+,29-21+;19-18+,22-21+,28-20+/t28-,30+,31-,33-,34+,35-,36+,38-,39-,42-;27-,29+,30-,31-,32+,33-,34+,36-,37-,40-/m11/s1. The zero-order valence-electron chi connectivity index (χ0n) is 70.0. The molecule has 0 aromatic rings. The monoisotopic (exact) mass is 1490 g/mol. The number of aliphatic hydroxyl groups is 3. The van der Waals surface area contributed by atoms with Crippen LogP contribution in [0.25, 0.3) is 0 Å². The molecule has 4 heterocycles. The normalized spacial score (nSPS) is 31.8. The number of carbonyl (C=O) groups excluding carboxylic acids is 3. The van der Waals surface area contributed by atoms with E-state index in [0.29, 0.717) is 42.9 Å². The number of cyclic esters (lactones) is 2. The van der Waals surface area contributed by atoms with Gasteiger partial charge in [0.25, 0.3) is 0 Å². The summed E-state index contributed by atoms with van der Waals surface area (Å²) in [5, 5.41) is 33.8. The van der Waals surface area contributed by atoms with Crippen molar-refractivity contribution < 1.29 is 71.1 Å². The number of allylic oxidation sites excluding steroid dienone is 6. The Bertz CT molecular complexity index is 2810. The van der Waals surface area contributed by atoms with Crippen LogP contribution in [0.5, 0.6) is 0 Å². The summed E-state index contributed by atoms with van der Waals surface area (Å²) in [6, 6.07) is 0. The second-order valence-corrected chi connectivity index (χ2v) is 56.7. The minimum Gasteiger partial charge on any atom is -0.457 e. The Labute approximate surface area is 620 Å². The Hall–Kier alpha value is -2.64. The van der Waals surface area contributed by atoms with Crippen LogP contribution in [0.1, 0.15) is 237 Å². The summed E-state index contributed by atoms with van der Waals surface area (Å²) in [5.74, 6) is -0.273. The lowest BCUT2D eigenvalue weighted by Gasteiger charge is -2.40. The van der Waals surface area contributed by atoms with Gasteiger partial charge in [0.15, 0.2) is 33.3 Å². The van der Waals surface area contributed by atoms with Crippen LogP contribution in [0.15, 0.2) is 71.9 Å². The highest BCUT2D eigenvalue weighted by Gasteiger charge is 2.51. The molecule has 0 amide bonds. The van der Waals surface area contributed by atoms with E-state index in [4.69, 9.17) is 41.4 Å². The second-order valence-electron chi connectivity index (χ2n) is 37.6. The summed E-state index contributed by atoms with van der Waals surface area (Å²) < 4.78 is 57.4. The number of aliphatic hydroxyl groups excluding tert-OH is 1. The number of hydrogen-bond acceptors (Lipinski definition) is 15. The van der Waals surface area contributed by atoms with Crippen LogP contribution in [0, 0.1) is 35.5 Å². The zero-order valence-corrected chi connectivity index (χ0v) is 74.0. The van der Waals surface area contributed by atoms with Crippen molar-refractivity contribution in [2.45, 2.75) is 394 Å². The maximum atomic E-state index is 13.6. The van der Waals surface area contributed by atoms with Gasteiger partial charge in [-0.1, -0.05) is 193 Å². The largest absolute Gasteiger partial charge is 0.457 e. The van der Waals surface area contributed by atoms with E-state index in [1.807, 2.05) is 58.1 Å². The lowest BCUT2D eigenvalue weighted by atomic mass is 9.88. The summed E-state index contributed by atoms with van der Waals surface area (Å²) >= 11 is 0. The molecule has 584 valence electrons. The minimum absolute atomic E-state index is 0.0347. The lowest BCUT2D eigenvalue weighted by Crippen LogP contribution is -2.46. The molecule has 2 fully saturated rings. The summed E-state index contributed by atoms with van der Waals surface area (Å²) in [6.45, 7) is 70.6. The zero-order chi connectivity index (χ0) is 77.8. The highest BCUT2D eigenvalue weighted by Crippen LogP contribution is 2.46. The van der Waals surface area contributed by atoms with Crippen LogP contribution in [-0.4, -0.2) is 151 Å². The van der Waals surface area contributed by atoms with Crippen molar-refractivity contribution in [3.8, 4) is 0 Å². The number of rotatable bonds is 25. The first-order valence-electron chi connectivity index (χ1n) is 38.6. The SMILES string of the molecule is CC[C@H](O[Si](C)(C)C(C)(C)C)[C@@H](C)[C@H]1O[C@@H]1C[C@H](C)/C=C/C=C(\C)[C@H]1OC(=O)C[C@H](O[Si](C)(C)C(C)(C)C)CC[C@@](C)(O)[C@@H](O)/C=C/[C@@H]1C.CC[C@H](O[Si](C)(C)C(C)(C)C)[C@@H](C)[C@H]1O[C@@H]1C[C@H](C)/C=C/C=C(\C)[C@H]1OC(=O)C[C@H](O[Si](C)(C)C(C)(C)C)CC[C@@](C)(O)[C@@H](OC(C)=O)/C=C/[C@@H]1C. The van der Waals surface area contributed by atoms with E-state index >= 15 is 0 Å². The van der Waals surface area contributed by atoms with Crippen molar-refractivity contribution in [1.29, 1.82) is 0 Å². The fourth-order valence-corrected chi connectivity index (χ4v) is 18.2. The molecule has 0 unspecified atom stereocenters. The van der Waals surface area contributed by atoms with Crippen LogP contribution < -0.4 is 0 Å². The van der Waals surface area contributed by atoms with Crippen molar-refractivity contribution in [1.82, 2.24) is 0 Å². The van der Waals surface area contributed by atoms with Gasteiger partial charge in [-0.25, -0.2) is 0 Å². The molecule has 0 aromatic heterocycles. The fraction of sp³-hybridized carbons (Fsp3) is 0.817. The van der Waals surface area contributed by atoms with E-state index in [1.54, 1.807) is 26.0 Å². The average molecular weight is 1490 g/mol. The van der Waals surface area contributed by atoms with Crippen LogP contribution in [0.3, 0.4) is 0 Å². The molecule has 2 saturated heterocycles. The third kappa shape index (κ3) is 28.8. The maximum Gasteiger partial charge on any atom is 0.308 e. The van der Waals surface area contributed by atoms with Crippen molar-refractivity contribution in [2.24, 2.45) is 35.5 Å². The highest BCUT2D eigenvalue weighted by molar-refractivity contribution is 6.75.